The Morgan fingerprint density at radius 1 is 0.941 bits per heavy atom. The minimum Gasteiger partial charge on any atom is -0.411 e. The van der Waals surface area contributed by atoms with Crippen LogP contribution in [0.25, 0.3) is 0 Å². The van der Waals surface area contributed by atoms with Gasteiger partial charge in [0.05, 0.1) is 11.7 Å². The van der Waals surface area contributed by atoms with Crippen LogP contribution in [0.3, 0.4) is 0 Å². The van der Waals surface area contributed by atoms with Crippen molar-refractivity contribution < 1.29 is 8.85 Å². The third-order valence-corrected chi connectivity index (χ3v) is 17.7. The van der Waals surface area contributed by atoms with Crippen molar-refractivity contribution in [3.8, 4) is 0 Å². The molecule has 0 N–H and O–H groups in total. The molecule has 1 aliphatic carbocycles. The van der Waals surface area contributed by atoms with E-state index in [1.807, 2.05) is 0 Å². The average molecular weight is 526 g/mol. The molecule has 2 atom stereocenters. The lowest BCUT2D eigenvalue weighted by Crippen LogP contribution is -2.55. The van der Waals surface area contributed by atoms with Crippen LogP contribution in [-0.4, -0.2) is 52.7 Å². The number of benzene rings is 1. The monoisotopic (exact) mass is 525 g/mol. The molecule has 0 spiro atoms. The van der Waals surface area contributed by atoms with Gasteiger partial charge in [0.2, 0.25) is 0 Å². The molecule has 1 aromatic rings. The van der Waals surface area contributed by atoms with E-state index >= 15 is 0 Å². The highest BCUT2D eigenvalue weighted by molar-refractivity contribution is 6.74. The van der Waals surface area contributed by atoms with Crippen LogP contribution in [0.15, 0.2) is 30.3 Å². The number of rotatable bonds is 8. The standard InChI is InChI=1S/C27H49NO2Si2.CH3Cl/c1-25(2,3)31(7,8)29-24(27(17-18-27)30-32(9,10)26(4,5)6)23-16-19-28(21-23)20-22-14-12-11-13-15-22;1-2/h11-15,23-24H,16-21H2,1-10H3;1H3. The summed E-state index contributed by atoms with van der Waals surface area (Å²) in [5, 5.41) is 0.430. The van der Waals surface area contributed by atoms with Gasteiger partial charge < -0.3 is 8.85 Å². The fraction of sp³-hybridized carbons (Fsp3) is 0.786. The molecule has 0 amide bonds. The smallest absolute Gasteiger partial charge is 0.192 e. The zero-order valence-electron chi connectivity index (χ0n) is 23.9. The molecule has 1 aliphatic heterocycles. The first kappa shape index (κ1) is 30.1. The Morgan fingerprint density at radius 3 is 1.94 bits per heavy atom. The van der Waals surface area contributed by atoms with Crippen molar-refractivity contribution in [1.82, 2.24) is 4.90 Å². The first-order valence-electron chi connectivity index (χ1n) is 13.1. The molecule has 1 heterocycles. The molecular formula is C28H52ClNO2Si2. The molecule has 0 aromatic heterocycles. The summed E-state index contributed by atoms with van der Waals surface area (Å²) in [6, 6.07) is 10.9. The Labute approximate surface area is 218 Å². The van der Waals surface area contributed by atoms with Crippen molar-refractivity contribution in [3.05, 3.63) is 35.9 Å². The number of hydrogen-bond acceptors (Lipinski definition) is 3. The Bertz CT molecular complexity index is 767. The van der Waals surface area contributed by atoms with Crippen LogP contribution < -0.4 is 0 Å². The van der Waals surface area contributed by atoms with Crippen LogP contribution in [-0.2, 0) is 15.4 Å². The van der Waals surface area contributed by atoms with E-state index in [9.17, 15) is 0 Å². The largest absolute Gasteiger partial charge is 0.411 e. The summed E-state index contributed by atoms with van der Waals surface area (Å²) in [6.45, 7) is 27.1. The molecule has 34 heavy (non-hydrogen) atoms. The van der Waals surface area contributed by atoms with Gasteiger partial charge in [0.15, 0.2) is 16.6 Å². The topological polar surface area (TPSA) is 21.7 Å². The Balaban J connectivity index is 0.00000199. The van der Waals surface area contributed by atoms with E-state index in [0.717, 1.165) is 32.5 Å². The summed E-state index contributed by atoms with van der Waals surface area (Å²) in [7, 11) is -3.77. The zero-order valence-corrected chi connectivity index (χ0v) is 26.7. The van der Waals surface area contributed by atoms with Gasteiger partial charge in [-0.15, -0.1) is 11.6 Å². The molecule has 0 bridgehead atoms. The molecule has 3 nitrogen and oxygen atoms in total. The van der Waals surface area contributed by atoms with Crippen LogP contribution in [0.5, 0.6) is 0 Å². The predicted molar refractivity (Wildman–Crippen MR) is 154 cm³/mol. The highest BCUT2D eigenvalue weighted by atomic mass is 35.5. The number of hydrogen-bond donors (Lipinski definition) is 0. The van der Waals surface area contributed by atoms with Crippen LogP contribution in [0.2, 0.25) is 36.3 Å². The Kier molecular flexibility index (Phi) is 9.78. The summed E-state index contributed by atoms with van der Waals surface area (Å²) in [6.07, 6.45) is 5.23. The molecule has 6 heteroatoms. The third-order valence-electron chi connectivity index (χ3n) is 8.74. The molecule has 1 saturated heterocycles. The van der Waals surface area contributed by atoms with Crippen molar-refractivity contribution >= 4 is 28.2 Å². The van der Waals surface area contributed by atoms with E-state index < -0.39 is 16.6 Å². The molecule has 0 radical (unpaired) electrons. The second-order valence-electron chi connectivity index (χ2n) is 13.5. The molecule has 2 unspecified atom stereocenters. The maximum absolute atomic E-state index is 7.28. The SMILES string of the molecule is CC(C)(C)[Si](C)(C)OC(C1CCN(Cc2ccccc2)C1)C1(O[Si](C)(C)C(C)(C)C)CC1.CCl. The van der Waals surface area contributed by atoms with E-state index in [1.165, 1.54) is 18.4 Å². The first-order chi connectivity index (χ1) is 15.6. The van der Waals surface area contributed by atoms with Crippen LogP contribution in [0.1, 0.15) is 66.4 Å². The number of alkyl halides is 1. The van der Waals surface area contributed by atoms with Gasteiger partial charge in [-0.05, 0) is 67.6 Å². The normalized spacial score (nSPS) is 22.2. The fourth-order valence-corrected chi connectivity index (χ4v) is 7.49. The van der Waals surface area contributed by atoms with E-state index in [4.69, 9.17) is 8.85 Å². The Morgan fingerprint density at radius 2 is 1.47 bits per heavy atom. The summed E-state index contributed by atoms with van der Waals surface area (Å²) < 4.78 is 14.5. The average Bonchev–Trinajstić information content (AvgIpc) is 3.34. The van der Waals surface area contributed by atoms with Gasteiger partial charge in [-0.3, -0.25) is 4.90 Å². The lowest BCUT2D eigenvalue weighted by atomic mass is 9.95. The van der Waals surface area contributed by atoms with Gasteiger partial charge in [0.25, 0.3) is 0 Å². The number of nitrogens with zero attached hydrogens (tertiary/aromatic N) is 1. The van der Waals surface area contributed by atoms with Crippen molar-refractivity contribution in [2.24, 2.45) is 5.92 Å². The maximum atomic E-state index is 7.28. The summed E-state index contributed by atoms with van der Waals surface area (Å²) >= 11 is 4.64. The summed E-state index contributed by atoms with van der Waals surface area (Å²) in [4.78, 5) is 2.63. The van der Waals surface area contributed by atoms with Gasteiger partial charge in [-0.25, -0.2) is 0 Å². The van der Waals surface area contributed by atoms with E-state index in [0.29, 0.717) is 5.92 Å². The van der Waals surface area contributed by atoms with Crippen molar-refractivity contribution in [3.63, 3.8) is 0 Å². The lowest BCUT2D eigenvalue weighted by Gasteiger charge is -2.47. The first-order valence-corrected chi connectivity index (χ1v) is 19.7. The van der Waals surface area contributed by atoms with E-state index in [1.54, 1.807) is 0 Å². The second-order valence-corrected chi connectivity index (χ2v) is 23.0. The van der Waals surface area contributed by atoms with Crippen molar-refractivity contribution in [2.45, 2.75) is 115 Å². The summed E-state index contributed by atoms with van der Waals surface area (Å²) in [5.74, 6) is 0.556. The van der Waals surface area contributed by atoms with Crippen LogP contribution >= 0.6 is 11.6 Å². The highest BCUT2D eigenvalue weighted by Gasteiger charge is 2.60. The minimum absolute atomic E-state index is 0.0635. The van der Waals surface area contributed by atoms with Crippen molar-refractivity contribution in [1.29, 1.82) is 0 Å². The van der Waals surface area contributed by atoms with Crippen molar-refractivity contribution in [2.75, 3.05) is 19.5 Å². The minimum atomic E-state index is -1.91. The quantitative estimate of drug-likeness (QED) is 0.251. The lowest BCUT2D eigenvalue weighted by molar-refractivity contribution is -0.0164. The molecule has 196 valence electrons. The van der Waals surface area contributed by atoms with Gasteiger partial charge >= 0.3 is 0 Å². The number of halogens is 1. The van der Waals surface area contributed by atoms with E-state index in [-0.39, 0.29) is 21.8 Å². The molecular weight excluding hydrogens is 474 g/mol. The molecule has 2 aliphatic rings. The summed E-state index contributed by atoms with van der Waals surface area (Å²) in [5.41, 5.74) is 1.35. The van der Waals surface area contributed by atoms with Gasteiger partial charge in [-0.2, -0.15) is 0 Å². The fourth-order valence-electron chi connectivity index (χ4n) is 4.45. The van der Waals surface area contributed by atoms with Gasteiger partial charge in [-0.1, -0.05) is 71.9 Å². The van der Waals surface area contributed by atoms with E-state index in [2.05, 4.69) is 115 Å². The van der Waals surface area contributed by atoms with Gasteiger partial charge in [0.1, 0.15) is 0 Å². The molecule has 3 rings (SSSR count). The predicted octanol–water partition coefficient (Wildman–Crippen LogP) is 8.31. The third kappa shape index (κ3) is 7.20. The molecule has 2 fully saturated rings. The van der Waals surface area contributed by atoms with Crippen LogP contribution in [0.4, 0.5) is 0 Å². The zero-order chi connectivity index (χ0) is 26.0. The molecule has 1 saturated carbocycles. The number of likely N-dealkylation sites (tertiary alicyclic amines) is 1. The van der Waals surface area contributed by atoms with Gasteiger partial charge in [0, 0.05) is 25.4 Å². The maximum Gasteiger partial charge on any atom is 0.192 e. The van der Waals surface area contributed by atoms with Crippen LogP contribution in [0, 0.1) is 5.92 Å². The highest BCUT2D eigenvalue weighted by Crippen LogP contribution is 2.54. The molecule has 1 aromatic carbocycles. The second kappa shape index (κ2) is 11.1. The Hall–Kier alpha value is -0.176.